The molecule has 0 unspecified atom stereocenters. The van der Waals surface area contributed by atoms with Crippen molar-refractivity contribution in [2.45, 2.75) is 4.90 Å². The van der Waals surface area contributed by atoms with E-state index in [1.807, 2.05) is 0 Å². The van der Waals surface area contributed by atoms with E-state index in [2.05, 4.69) is 10.6 Å². The van der Waals surface area contributed by atoms with Crippen LogP contribution in [0.2, 0.25) is 5.02 Å². The van der Waals surface area contributed by atoms with Crippen LogP contribution in [0.15, 0.2) is 70.2 Å². The van der Waals surface area contributed by atoms with Gasteiger partial charge in [0.2, 0.25) is 0 Å². The van der Waals surface area contributed by atoms with Crippen molar-refractivity contribution in [2.24, 2.45) is 0 Å². The maximum Gasteiger partial charge on any atom is 0.291 e. The number of rotatable bonds is 5. The molecule has 2 amide bonds. The van der Waals surface area contributed by atoms with Crippen LogP contribution in [-0.2, 0) is 9.84 Å². The molecule has 0 aliphatic carbocycles. The lowest BCUT2D eigenvalue weighted by Gasteiger charge is -2.10. The molecule has 1 aromatic heterocycles. The maximum atomic E-state index is 12.4. The summed E-state index contributed by atoms with van der Waals surface area (Å²) in [5.41, 5.74) is 0.907. The van der Waals surface area contributed by atoms with Gasteiger partial charge in [-0.05, 0) is 48.5 Å². The van der Waals surface area contributed by atoms with Crippen molar-refractivity contribution < 1.29 is 22.4 Å². The SMILES string of the molecule is CS(=O)(=O)c1cccc(C(=O)Nc2ccc(NC(=O)c3ccco3)cc2Cl)c1. The second kappa shape index (κ2) is 7.87. The number of furan rings is 1. The summed E-state index contributed by atoms with van der Waals surface area (Å²) < 4.78 is 28.3. The van der Waals surface area contributed by atoms with Gasteiger partial charge in [0.05, 0.1) is 21.9 Å². The molecular formula is C19H15ClN2O5S. The van der Waals surface area contributed by atoms with Gasteiger partial charge in [-0.25, -0.2) is 8.42 Å². The lowest BCUT2D eigenvalue weighted by Crippen LogP contribution is -2.14. The Bertz CT molecular complexity index is 1140. The molecule has 28 heavy (non-hydrogen) atoms. The van der Waals surface area contributed by atoms with Gasteiger partial charge in [-0.15, -0.1) is 0 Å². The summed E-state index contributed by atoms with van der Waals surface area (Å²) in [5.74, 6) is -0.797. The fourth-order valence-electron chi connectivity index (χ4n) is 2.36. The van der Waals surface area contributed by atoms with Gasteiger partial charge in [0.1, 0.15) is 0 Å². The molecule has 0 spiro atoms. The molecule has 0 fully saturated rings. The van der Waals surface area contributed by atoms with E-state index < -0.39 is 21.7 Å². The quantitative estimate of drug-likeness (QED) is 0.654. The minimum atomic E-state index is -3.43. The average molecular weight is 419 g/mol. The highest BCUT2D eigenvalue weighted by molar-refractivity contribution is 7.90. The lowest BCUT2D eigenvalue weighted by atomic mass is 10.2. The molecule has 7 nitrogen and oxygen atoms in total. The first-order chi connectivity index (χ1) is 13.2. The number of halogens is 1. The first-order valence-electron chi connectivity index (χ1n) is 8.00. The van der Waals surface area contributed by atoms with Crippen LogP contribution in [0.5, 0.6) is 0 Å². The molecule has 0 aliphatic heterocycles. The predicted molar refractivity (Wildman–Crippen MR) is 106 cm³/mol. The van der Waals surface area contributed by atoms with E-state index in [4.69, 9.17) is 16.0 Å². The Morgan fingerprint density at radius 1 is 0.964 bits per heavy atom. The van der Waals surface area contributed by atoms with E-state index in [0.717, 1.165) is 6.26 Å². The highest BCUT2D eigenvalue weighted by atomic mass is 35.5. The topological polar surface area (TPSA) is 105 Å². The minimum Gasteiger partial charge on any atom is -0.459 e. The van der Waals surface area contributed by atoms with Crippen LogP contribution in [-0.4, -0.2) is 26.5 Å². The van der Waals surface area contributed by atoms with Gasteiger partial charge in [0.15, 0.2) is 15.6 Å². The summed E-state index contributed by atoms with van der Waals surface area (Å²) in [6.45, 7) is 0. The number of hydrogen-bond donors (Lipinski definition) is 2. The van der Waals surface area contributed by atoms with Gasteiger partial charge in [-0.1, -0.05) is 17.7 Å². The Hall–Kier alpha value is -3.10. The predicted octanol–water partition coefficient (Wildman–Crippen LogP) is 3.84. The zero-order chi connectivity index (χ0) is 20.3. The maximum absolute atomic E-state index is 12.4. The van der Waals surface area contributed by atoms with Gasteiger partial charge < -0.3 is 15.1 Å². The standard InChI is InChI=1S/C19H15ClN2O5S/c1-28(25,26)14-5-2-4-12(10-14)18(23)22-16-8-7-13(11-15(16)20)21-19(24)17-6-3-9-27-17/h2-11H,1H3,(H,21,24)(H,22,23). The van der Waals surface area contributed by atoms with Crippen LogP contribution in [0.4, 0.5) is 11.4 Å². The lowest BCUT2D eigenvalue weighted by molar-refractivity contribution is 0.0994. The van der Waals surface area contributed by atoms with Crippen LogP contribution in [0.3, 0.4) is 0 Å². The molecule has 1 heterocycles. The third-order valence-electron chi connectivity index (χ3n) is 3.74. The molecule has 0 bridgehead atoms. The average Bonchev–Trinajstić information content (AvgIpc) is 3.18. The Kier molecular flexibility index (Phi) is 5.53. The van der Waals surface area contributed by atoms with E-state index in [9.17, 15) is 18.0 Å². The number of benzene rings is 2. The van der Waals surface area contributed by atoms with Crippen molar-refractivity contribution in [2.75, 3.05) is 16.9 Å². The van der Waals surface area contributed by atoms with Crippen LogP contribution < -0.4 is 10.6 Å². The van der Waals surface area contributed by atoms with Crippen LogP contribution in [0.1, 0.15) is 20.9 Å². The molecule has 2 aromatic carbocycles. The normalized spacial score (nSPS) is 11.1. The zero-order valence-corrected chi connectivity index (χ0v) is 16.2. The number of hydrogen-bond acceptors (Lipinski definition) is 5. The summed E-state index contributed by atoms with van der Waals surface area (Å²) in [6, 6.07) is 13.4. The van der Waals surface area contributed by atoms with Gasteiger partial charge in [-0.3, -0.25) is 9.59 Å². The van der Waals surface area contributed by atoms with Crippen LogP contribution in [0, 0.1) is 0 Å². The van der Waals surface area contributed by atoms with Crippen molar-refractivity contribution in [3.63, 3.8) is 0 Å². The van der Waals surface area contributed by atoms with Crippen molar-refractivity contribution >= 4 is 44.6 Å². The van der Waals surface area contributed by atoms with Crippen molar-refractivity contribution in [1.82, 2.24) is 0 Å². The minimum absolute atomic E-state index is 0.0437. The Morgan fingerprint density at radius 3 is 2.39 bits per heavy atom. The molecule has 0 saturated heterocycles. The van der Waals surface area contributed by atoms with Gasteiger partial charge in [0, 0.05) is 17.5 Å². The Morgan fingerprint density at radius 2 is 1.75 bits per heavy atom. The zero-order valence-electron chi connectivity index (χ0n) is 14.6. The molecule has 144 valence electrons. The smallest absolute Gasteiger partial charge is 0.291 e. The highest BCUT2D eigenvalue weighted by Gasteiger charge is 2.14. The number of nitrogens with one attached hydrogen (secondary N) is 2. The van der Waals surface area contributed by atoms with E-state index in [0.29, 0.717) is 11.4 Å². The van der Waals surface area contributed by atoms with Gasteiger partial charge >= 0.3 is 0 Å². The van der Waals surface area contributed by atoms with Gasteiger partial charge in [0.25, 0.3) is 11.8 Å². The monoisotopic (exact) mass is 418 g/mol. The van der Waals surface area contributed by atoms with E-state index in [-0.39, 0.29) is 21.2 Å². The molecule has 0 aliphatic rings. The fraction of sp³-hybridized carbons (Fsp3) is 0.0526. The summed E-state index contributed by atoms with van der Waals surface area (Å²) in [5, 5.41) is 5.44. The Balaban J connectivity index is 1.74. The number of sulfone groups is 1. The number of carbonyl (C=O) groups is 2. The summed E-state index contributed by atoms with van der Waals surface area (Å²) in [7, 11) is -3.43. The Labute approximate surface area is 166 Å². The molecule has 2 N–H and O–H groups in total. The third kappa shape index (κ3) is 4.59. The van der Waals surface area contributed by atoms with Crippen molar-refractivity contribution in [3.05, 3.63) is 77.2 Å². The van der Waals surface area contributed by atoms with E-state index >= 15 is 0 Å². The number of anilines is 2. The highest BCUT2D eigenvalue weighted by Crippen LogP contribution is 2.26. The second-order valence-electron chi connectivity index (χ2n) is 5.88. The molecule has 0 atom stereocenters. The molecule has 3 aromatic rings. The van der Waals surface area contributed by atoms with Crippen molar-refractivity contribution in [3.8, 4) is 0 Å². The van der Waals surface area contributed by atoms with E-state index in [1.165, 1.54) is 48.7 Å². The molecule has 9 heteroatoms. The fourth-order valence-corrected chi connectivity index (χ4v) is 3.25. The first-order valence-corrected chi connectivity index (χ1v) is 10.3. The van der Waals surface area contributed by atoms with E-state index in [1.54, 1.807) is 12.1 Å². The van der Waals surface area contributed by atoms with Crippen LogP contribution in [0.25, 0.3) is 0 Å². The summed E-state index contributed by atoms with van der Waals surface area (Å²) >= 11 is 6.19. The number of carbonyl (C=O) groups excluding carboxylic acids is 2. The van der Waals surface area contributed by atoms with Gasteiger partial charge in [-0.2, -0.15) is 0 Å². The molecule has 3 rings (SSSR count). The third-order valence-corrected chi connectivity index (χ3v) is 5.17. The first kappa shape index (κ1) is 19.7. The summed E-state index contributed by atoms with van der Waals surface area (Å²) in [6.07, 6.45) is 2.45. The summed E-state index contributed by atoms with van der Waals surface area (Å²) in [4.78, 5) is 24.4. The largest absolute Gasteiger partial charge is 0.459 e. The second-order valence-corrected chi connectivity index (χ2v) is 8.30. The number of amides is 2. The molecule has 0 radical (unpaired) electrons. The van der Waals surface area contributed by atoms with Crippen molar-refractivity contribution in [1.29, 1.82) is 0 Å². The molecule has 0 saturated carbocycles. The molecular weight excluding hydrogens is 404 g/mol. The van der Waals surface area contributed by atoms with Crippen LogP contribution >= 0.6 is 11.6 Å².